The molecule has 2 aromatic rings. The van der Waals surface area contributed by atoms with Crippen LogP contribution in [0.5, 0.6) is 5.75 Å². The molecule has 1 N–H and O–H groups in total. The Kier molecular flexibility index (Phi) is 4.45. The van der Waals surface area contributed by atoms with Crippen LogP contribution in [0.25, 0.3) is 0 Å². The molecule has 2 aromatic carbocycles. The molecule has 0 saturated heterocycles. The predicted molar refractivity (Wildman–Crippen MR) is 76.4 cm³/mol. The molecule has 0 aliphatic carbocycles. The molecular formula is C15H14ClF2NO. The minimum Gasteiger partial charge on any atom is -0.494 e. The molecule has 1 atom stereocenters. The van der Waals surface area contributed by atoms with Gasteiger partial charge in [-0.1, -0.05) is 17.7 Å². The van der Waals surface area contributed by atoms with Crippen molar-refractivity contribution in [3.63, 3.8) is 0 Å². The summed E-state index contributed by atoms with van der Waals surface area (Å²) in [4.78, 5) is 0. The van der Waals surface area contributed by atoms with E-state index in [4.69, 9.17) is 16.3 Å². The van der Waals surface area contributed by atoms with Crippen molar-refractivity contribution in [3.05, 3.63) is 58.6 Å². The van der Waals surface area contributed by atoms with Crippen molar-refractivity contribution in [2.45, 2.75) is 13.0 Å². The van der Waals surface area contributed by atoms with E-state index in [9.17, 15) is 8.78 Å². The van der Waals surface area contributed by atoms with Crippen molar-refractivity contribution in [1.82, 2.24) is 0 Å². The molecule has 0 amide bonds. The van der Waals surface area contributed by atoms with Gasteiger partial charge in [0.15, 0.2) is 11.6 Å². The Morgan fingerprint density at radius 2 is 1.85 bits per heavy atom. The van der Waals surface area contributed by atoms with E-state index in [2.05, 4.69) is 5.32 Å². The lowest BCUT2D eigenvalue weighted by Crippen LogP contribution is -2.07. The van der Waals surface area contributed by atoms with Gasteiger partial charge in [0.05, 0.1) is 12.1 Å². The minimum atomic E-state index is -0.463. The van der Waals surface area contributed by atoms with Crippen LogP contribution in [-0.4, -0.2) is 7.11 Å². The van der Waals surface area contributed by atoms with E-state index in [1.807, 2.05) is 6.92 Å². The van der Waals surface area contributed by atoms with Crippen LogP contribution in [0, 0.1) is 11.6 Å². The zero-order valence-electron chi connectivity index (χ0n) is 11.1. The van der Waals surface area contributed by atoms with Crippen molar-refractivity contribution in [2.75, 3.05) is 12.4 Å². The Hall–Kier alpha value is -1.81. The second-order valence-corrected chi connectivity index (χ2v) is 4.80. The summed E-state index contributed by atoms with van der Waals surface area (Å²) in [6.07, 6.45) is 0. The van der Waals surface area contributed by atoms with E-state index in [0.717, 1.165) is 5.56 Å². The van der Waals surface area contributed by atoms with Crippen molar-refractivity contribution in [2.24, 2.45) is 0 Å². The second kappa shape index (κ2) is 6.09. The molecule has 0 radical (unpaired) electrons. The molecule has 0 aliphatic heterocycles. The molecule has 0 fully saturated rings. The van der Waals surface area contributed by atoms with Crippen LogP contribution in [0.2, 0.25) is 5.02 Å². The molecule has 0 aliphatic rings. The number of rotatable bonds is 4. The third kappa shape index (κ3) is 3.20. The van der Waals surface area contributed by atoms with Gasteiger partial charge in [-0.05, 0) is 36.8 Å². The molecular weight excluding hydrogens is 284 g/mol. The third-order valence-corrected chi connectivity index (χ3v) is 3.28. The molecule has 0 saturated carbocycles. The molecule has 20 heavy (non-hydrogen) atoms. The minimum absolute atomic E-state index is 0.0874. The summed E-state index contributed by atoms with van der Waals surface area (Å²) in [6.45, 7) is 1.87. The average molecular weight is 298 g/mol. The summed E-state index contributed by atoms with van der Waals surface area (Å²) in [5.41, 5.74) is 1.43. The predicted octanol–water partition coefficient (Wildman–Crippen LogP) is 4.80. The maximum Gasteiger partial charge on any atom is 0.165 e. The van der Waals surface area contributed by atoms with Gasteiger partial charge in [-0.3, -0.25) is 0 Å². The largest absolute Gasteiger partial charge is 0.494 e. The molecule has 0 bridgehead atoms. The van der Waals surface area contributed by atoms with Gasteiger partial charge in [0.2, 0.25) is 0 Å². The summed E-state index contributed by atoms with van der Waals surface area (Å²) < 4.78 is 31.6. The van der Waals surface area contributed by atoms with E-state index in [1.54, 1.807) is 18.2 Å². The van der Waals surface area contributed by atoms with Gasteiger partial charge < -0.3 is 10.1 Å². The summed E-state index contributed by atoms with van der Waals surface area (Å²) in [5, 5.41) is 3.24. The van der Waals surface area contributed by atoms with E-state index < -0.39 is 11.6 Å². The maximum absolute atomic E-state index is 13.4. The molecule has 0 heterocycles. The van der Waals surface area contributed by atoms with Crippen LogP contribution in [0.4, 0.5) is 14.5 Å². The van der Waals surface area contributed by atoms with Gasteiger partial charge in [-0.2, -0.15) is 0 Å². The number of anilines is 1. The van der Waals surface area contributed by atoms with Gasteiger partial charge in [0, 0.05) is 17.8 Å². The number of ether oxygens (including phenoxy) is 1. The third-order valence-electron chi connectivity index (χ3n) is 2.98. The van der Waals surface area contributed by atoms with Gasteiger partial charge in [-0.15, -0.1) is 0 Å². The van der Waals surface area contributed by atoms with Crippen LogP contribution in [-0.2, 0) is 0 Å². The lowest BCUT2D eigenvalue weighted by Gasteiger charge is -2.16. The highest BCUT2D eigenvalue weighted by molar-refractivity contribution is 6.30. The van der Waals surface area contributed by atoms with Crippen molar-refractivity contribution in [3.8, 4) is 5.75 Å². The highest BCUT2D eigenvalue weighted by atomic mass is 35.5. The number of hydrogen-bond acceptors (Lipinski definition) is 2. The molecule has 5 heteroatoms. The first-order valence-corrected chi connectivity index (χ1v) is 6.44. The number of benzene rings is 2. The summed E-state index contributed by atoms with van der Waals surface area (Å²) in [6, 6.07) is 8.94. The Balaban J connectivity index is 2.18. The molecule has 2 rings (SSSR count). The number of halogens is 3. The SMILES string of the molecule is COc1cc(NC(C)c2ccc(Cl)c(F)c2)ccc1F. The van der Waals surface area contributed by atoms with Crippen LogP contribution < -0.4 is 10.1 Å². The molecule has 0 aromatic heterocycles. The lowest BCUT2D eigenvalue weighted by atomic mass is 10.1. The van der Waals surface area contributed by atoms with Crippen LogP contribution in [0.3, 0.4) is 0 Å². The summed E-state index contributed by atoms with van der Waals surface area (Å²) in [5.74, 6) is -0.734. The quantitative estimate of drug-likeness (QED) is 0.875. The number of methoxy groups -OCH3 is 1. The normalized spacial score (nSPS) is 12.1. The van der Waals surface area contributed by atoms with Crippen molar-refractivity contribution in [1.29, 1.82) is 0 Å². The fourth-order valence-corrected chi connectivity index (χ4v) is 1.98. The molecule has 106 valence electrons. The first kappa shape index (κ1) is 14.6. The Morgan fingerprint density at radius 1 is 1.10 bits per heavy atom. The highest BCUT2D eigenvalue weighted by Crippen LogP contribution is 2.26. The Labute approximate surface area is 121 Å². The first-order chi connectivity index (χ1) is 9.51. The number of hydrogen-bond donors (Lipinski definition) is 1. The number of nitrogens with one attached hydrogen (secondary N) is 1. The Bertz CT molecular complexity index is 619. The van der Waals surface area contributed by atoms with Crippen LogP contribution >= 0.6 is 11.6 Å². The standard InChI is InChI=1S/C15H14ClF2NO/c1-9(10-3-5-12(16)14(18)7-10)19-11-4-6-13(17)15(8-11)20-2/h3-9,19H,1-2H3. The molecule has 0 spiro atoms. The zero-order chi connectivity index (χ0) is 14.7. The second-order valence-electron chi connectivity index (χ2n) is 4.39. The van der Waals surface area contributed by atoms with E-state index in [0.29, 0.717) is 5.69 Å². The topological polar surface area (TPSA) is 21.3 Å². The van der Waals surface area contributed by atoms with Gasteiger partial charge >= 0.3 is 0 Å². The molecule has 2 nitrogen and oxygen atoms in total. The van der Waals surface area contributed by atoms with E-state index in [1.165, 1.54) is 25.3 Å². The fraction of sp³-hybridized carbons (Fsp3) is 0.200. The van der Waals surface area contributed by atoms with Gasteiger partial charge in [-0.25, -0.2) is 8.78 Å². The summed E-state index contributed by atoms with van der Waals surface area (Å²) in [7, 11) is 1.40. The monoisotopic (exact) mass is 297 g/mol. The fourth-order valence-electron chi connectivity index (χ4n) is 1.86. The zero-order valence-corrected chi connectivity index (χ0v) is 11.8. The van der Waals surface area contributed by atoms with Crippen molar-refractivity contribution >= 4 is 17.3 Å². The van der Waals surface area contributed by atoms with Crippen LogP contribution in [0.15, 0.2) is 36.4 Å². The maximum atomic E-state index is 13.4. The summed E-state index contributed by atoms with van der Waals surface area (Å²) >= 11 is 5.65. The average Bonchev–Trinajstić information content (AvgIpc) is 2.43. The molecule has 1 unspecified atom stereocenters. The van der Waals surface area contributed by atoms with Crippen LogP contribution in [0.1, 0.15) is 18.5 Å². The van der Waals surface area contributed by atoms with Crippen molar-refractivity contribution < 1.29 is 13.5 Å². The highest BCUT2D eigenvalue weighted by Gasteiger charge is 2.10. The first-order valence-electron chi connectivity index (χ1n) is 6.06. The van der Waals surface area contributed by atoms with E-state index >= 15 is 0 Å². The smallest absolute Gasteiger partial charge is 0.165 e. The van der Waals surface area contributed by atoms with Gasteiger partial charge in [0.1, 0.15) is 5.82 Å². The van der Waals surface area contributed by atoms with Gasteiger partial charge in [0.25, 0.3) is 0 Å². The van der Waals surface area contributed by atoms with E-state index in [-0.39, 0.29) is 16.8 Å². The lowest BCUT2D eigenvalue weighted by molar-refractivity contribution is 0.387. The Morgan fingerprint density at radius 3 is 2.50 bits per heavy atom.